The second-order valence-electron chi connectivity index (χ2n) is 4.58. The van der Waals surface area contributed by atoms with E-state index in [0.29, 0.717) is 5.92 Å². The number of aryl methyl sites for hydroxylation is 1. The number of hydrogen-bond donors (Lipinski definition) is 1. The van der Waals surface area contributed by atoms with Crippen molar-refractivity contribution in [3.63, 3.8) is 0 Å². The van der Waals surface area contributed by atoms with Crippen LogP contribution >= 0.6 is 0 Å². The second-order valence-corrected chi connectivity index (χ2v) is 4.58. The Morgan fingerprint density at radius 1 is 1.36 bits per heavy atom. The van der Waals surface area contributed by atoms with E-state index < -0.39 is 0 Å². The summed E-state index contributed by atoms with van der Waals surface area (Å²) in [7, 11) is 0. The third-order valence-corrected chi connectivity index (χ3v) is 3.32. The van der Waals surface area contributed by atoms with E-state index in [1.54, 1.807) is 0 Å². The van der Waals surface area contributed by atoms with Crippen molar-refractivity contribution < 1.29 is 5.11 Å². The molecule has 0 aromatic heterocycles. The summed E-state index contributed by atoms with van der Waals surface area (Å²) < 4.78 is 0. The predicted octanol–water partition coefficient (Wildman–Crippen LogP) is 2.70. The minimum absolute atomic E-state index is 0.385. The average Bonchev–Trinajstić information content (AvgIpc) is 2.81. The lowest BCUT2D eigenvalue weighted by Gasteiger charge is -2.09. The highest BCUT2D eigenvalue weighted by molar-refractivity contribution is 5.24. The molecule has 0 amide bonds. The molecule has 1 aliphatic carbocycles. The molecule has 0 radical (unpaired) electrons. The molecule has 0 spiro atoms. The molecule has 1 N–H and O–H groups in total. The molecule has 1 nitrogen and oxygen atoms in total. The fourth-order valence-electron chi connectivity index (χ4n) is 2.17. The summed E-state index contributed by atoms with van der Waals surface area (Å²) in [5, 5.41) is 10.1. The standard InChI is InChI=1S/C13H18O/c1-3-12-9-13(12,14)8-11-6-4-10(2)5-7-11/h4-7,12,14H,3,8-9H2,1-2H3. The molecule has 14 heavy (non-hydrogen) atoms. The van der Waals surface area contributed by atoms with Gasteiger partial charge in [0.1, 0.15) is 0 Å². The highest BCUT2D eigenvalue weighted by Crippen LogP contribution is 2.47. The van der Waals surface area contributed by atoms with Crippen LogP contribution < -0.4 is 0 Å². The quantitative estimate of drug-likeness (QED) is 0.777. The summed E-state index contributed by atoms with van der Waals surface area (Å²) in [6.45, 7) is 4.24. The second kappa shape index (κ2) is 3.39. The molecule has 0 aliphatic heterocycles. The first-order valence-electron chi connectivity index (χ1n) is 5.42. The van der Waals surface area contributed by atoms with Gasteiger partial charge in [-0.15, -0.1) is 0 Å². The molecule has 1 aromatic rings. The van der Waals surface area contributed by atoms with E-state index in [9.17, 15) is 5.11 Å². The summed E-state index contributed by atoms with van der Waals surface area (Å²) in [6, 6.07) is 8.47. The van der Waals surface area contributed by atoms with Crippen LogP contribution in [0.15, 0.2) is 24.3 Å². The number of benzene rings is 1. The third-order valence-electron chi connectivity index (χ3n) is 3.32. The van der Waals surface area contributed by atoms with Crippen molar-refractivity contribution in [2.45, 2.75) is 38.7 Å². The van der Waals surface area contributed by atoms with Gasteiger partial charge >= 0.3 is 0 Å². The molecular weight excluding hydrogens is 172 g/mol. The zero-order valence-corrected chi connectivity index (χ0v) is 8.96. The minimum atomic E-state index is -0.385. The number of aliphatic hydroxyl groups is 1. The van der Waals surface area contributed by atoms with Gasteiger partial charge in [0.25, 0.3) is 0 Å². The van der Waals surface area contributed by atoms with Crippen LogP contribution in [0.3, 0.4) is 0 Å². The molecule has 1 aromatic carbocycles. The van der Waals surface area contributed by atoms with Crippen LogP contribution in [0.2, 0.25) is 0 Å². The lowest BCUT2D eigenvalue weighted by atomic mass is 10.0. The maximum absolute atomic E-state index is 10.1. The van der Waals surface area contributed by atoms with E-state index in [0.717, 1.165) is 19.3 Å². The predicted molar refractivity (Wildman–Crippen MR) is 58.2 cm³/mol. The monoisotopic (exact) mass is 190 g/mol. The van der Waals surface area contributed by atoms with Gasteiger partial charge in [-0.2, -0.15) is 0 Å². The minimum Gasteiger partial charge on any atom is -0.389 e. The highest BCUT2D eigenvalue weighted by Gasteiger charge is 2.50. The van der Waals surface area contributed by atoms with Crippen LogP contribution in [0.5, 0.6) is 0 Å². The van der Waals surface area contributed by atoms with Gasteiger partial charge < -0.3 is 5.11 Å². The molecule has 1 heteroatoms. The van der Waals surface area contributed by atoms with Gasteiger partial charge in [-0.1, -0.05) is 43.2 Å². The fraction of sp³-hybridized carbons (Fsp3) is 0.538. The average molecular weight is 190 g/mol. The lowest BCUT2D eigenvalue weighted by Crippen LogP contribution is -2.14. The Labute approximate surface area is 85.8 Å². The first-order chi connectivity index (χ1) is 6.64. The van der Waals surface area contributed by atoms with Crippen LogP contribution in [0, 0.1) is 12.8 Å². The van der Waals surface area contributed by atoms with Gasteiger partial charge in [-0.3, -0.25) is 0 Å². The Hall–Kier alpha value is -0.820. The lowest BCUT2D eigenvalue weighted by molar-refractivity contribution is 0.130. The van der Waals surface area contributed by atoms with Crippen LogP contribution in [-0.4, -0.2) is 10.7 Å². The van der Waals surface area contributed by atoms with Crippen molar-refractivity contribution >= 4 is 0 Å². The molecule has 0 heterocycles. The first-order valence-corrected chi connectivity index (χ1v) is 5.42. The Balaban J connectivity index is 2.02. The molecule has 1 aliphatic rings. The zero-order chi connectivity index (χ0) is 10.2. The Morgan fingerprint density at radius 3 is 2.50 bits per heavy atom. The van der Waals surface area contributed by atoms with E-state index in [-0.39, 0.29) is 5.60 Å². The van der Waals surface area contributed by atoms with Gasteiger partial charge in [0.15, 0.2) is 0 Å². The van der Waals surface area contributed by atoms with Gasteiger partial charge in [0, 0.05) is 6.42 Å². The Morgan fingerprint density at radius 2 is 2.00 bits per heavy atom. The summed E-state index contributed by atoms with van der Waals surface area (Å²) >= 11 is 0. The zero-order valence-electron chi connectivity index (χ0n) is 8.96. The van der Waals surface area contributed by atoms with E-state index in [4.69, 9.17) is 0 Å². The topological polar surface area (TPSA) is 20.2 Å². The number of rotatable bonds is 3. The summed E-state index contributed by atoms with van der Waals surface area (Å²) in [5.41, 5.74) is 2.15. The van der Waals surface area contributed by atoms with Crippen molar-refractivity contribution in [1.82, 2.24) is 0 Å². The van der Waals surface area contributed by atoms with Crippen molar-refractivity contribution in [2.24, 2.45) is 5.92 Å². The van der Waals surface area contributed by atoms with Gasteiger partial charge in [-0.25, -0.2) is 0 Å². The number of hydrogen-bond acceptors (Lipinski definition) is 1. The van der Waals surface area contributed by atoms with Crippen molar-refractivity contribution in [1.29, 1.82) is 0 Å². The van der Waals surface area contributed by atoms with Crippen LogP contribution in [0.1, 0.15) is 30.9 Å². The summed E-state index contributed by atoms with van der Waals surface area (Å²) in [4.78, 5) is 0. The molecule has 2 rings (SSSR count). The summed E-state index contributed by atoms with van der Waals surface area (Å²) in [6.07, 6.45) is 2.91. The van der Waals surface area contributed by atoms with Crippen molar-refractivity contribution in [3.05, 3.63) is 35.4 Å². The first kappa shape index (κ1) is 9.72. The highest BCUT2D eigenvalue weighted by atomic mass is 16.3. The third kappa shape index (κ3) is 1.83. The summed E-state index contributed by atoms with van der Waals surface area (Å²) in [5.74, 6) is 0.531. The Kier molecular flexibility index (Phi) is 2.36. The van der Waals surface area contributed by atoms with E-state index >= 15 is 0 Å². The molecule has 1 saturated carbocycles. The maximum Gasteiger partial charge on any atom is 0.0720 e. The Bertz CT molecular complexity index is 315. The molecule has 0 bridgehead atoms. The molecule has 1 fully saturated rings. The normalized spacial score (nSPS) is 30.4. The molecule has 0 saturated heterocycles. The molecule has 2 unspecified atom stereocenters. The van der Waals surface area contributed by atoms with Crippen LogP contribution in [0.4, 0.5) is 0 Å². The van der Waals surface area contributed by atoms with Crippen molar-refractivity contribution in [3.8, 4) is 0 Å². The van der Waals surface area contributed by atoms with Crippen LogP contribution in [-0.2, 0) is 6.42 Å². The molecule has 76 valence electrons. The van der Waals surface area contributed by atoms with Gasteiger partial charge in [0.2, 0.25) is 0 Å². The fourth-order valence-corrected chi connectivity index (χ4v) is 2.17. The SMILES string of the molecule is CCC1CC1(O)Cc1ccc(C)cc1. The van der Waals surface area contributed by atoms with E-state index in [2.05, 4.69) is 38.1 Å². The van der Waals surface area contributed by atoms with E-state index in [1.807, 2.05) is 0 Å². The maximum atomic E-state index is 10.1. The molecular formula is C13H18O. The van der Waals surface area contributed by atoms with Crippen LogP contribution in [0.25, 0.3) is 0 Å². The smallest absolute Gasteiger partial charge is 0.0720 e. The van der Waals surface area contributed by atoms with Gasteiger partial charge in [0.05, 0.1) is 5.60 Å². The van der Waals surface area contributed by atoms with E-state index in [1.165, 1.54) is 11.1 Å². The molecule has 2 atom stereocenters. The van der Waals surface area contributed by atoms with Gasteiger partial charge in [-0.05, 0) is 24.8 Å². The largest absolute Gasteiger partial charge is 0.389 e. The van der Waals surface area contributed by atoms with Crippen molar-refractivity contribution in [2.75, 3.05) is 0 Å².